The van der Waals surface area contributed by atoms with Gasteiger partial charge >= 0.3 is 0 Å². The Hall–Kier alpha value is -4.11. The first-order chi connectivity index (χ1) is 17.2. The zero-order valence-electron chi connectivity index (χ0n) is 19.3. The Bertz CT molecular complexity index is 1400. The van der Waals surface area contributed by atoms with Crippen LogP contribution in [0.1, 0.15) is 17.3 Å². The van der Waals surface area contributed by atoms with E-state index in [2.05, 4.69) is 37.0 Å². The zero-order chi connectivity index (χ0) is 24.0. The lowest BCUT2D eigenvalue weighted by molar-refractivity contribution is 0.388. The molecule has 0 spiro atoms. The first-order valence-electron chi connectivity index (χ1n) is 11.0. The van der Waals surface area contributed by atoms with Crippen molar-refractivity contribution in [3.8, 4) is 28.6 Å². The molecule has 176 valence electrons. The molecule has 0 amide bonds. The van der Waals surface area contributed by atoms with Crippen LogP contribution in [0.2, 0.25) is 0 Å². The monoisotopic (exact) mass is 485 g/mol. The van der Waals surface area contributed by atoms with Crippen LogP contribution < -0.4 is 9.47 Å². The van der Waals surface area contributed by atoms with Crippen LogP contribution in [-0.4, -0.2) is 39.1 Å². The molecule has 3 aromatic carbocycles. The van der Waals surface area contributed by atoms with Gasteiger partial charge in [0.05, 0.1) is 25.5 Å². The highest BCUT2D eigenvalue weighted by Crippen LogP contribution is 2.32. The van der Waals surface area contributed by atoms with Crippen LogP contribution in [0.15, 0.2) is 88.5 Å². The van der Waals surface area contributed by atoms with Gasteiger partial charge in [-0.25, -0.2) is 0 Å². The van der Waals surface area contributed by atoms with Crippen molar-refractivity contribution in [3.63, 3.8) is 0 Å². The smallest absolute Gasteiger partial charge is 0.237 e. The standard InChI is InChI=1S/C26H23N5O3S/c1-32-20-13-14-21(22(16-20)33-2)25-27-24(34-30-25)17-35-26-29-28-23(15-18-9-5-3-6-10-18)31(26)19-11-7-4-8-12-19/h3-14,16H,15,17H2,1-2H3. The summed E-state index contributed by atoms with van der Waals surface area (Å²) in [5, 5.41) is 13.9. The minimum absolute atomic E-state index is 0.446. The first-order valence-corrected chi connectivity index (χ1v) is 11.9. The third kappa shape index (κ3) is 5.04. The summed E-state index contributed by atoms with van der Waals surface area (Å²) in [6.07, 6.45) is 0.672. The van der Waals surface area contributed by atoms with Gasteiger partial charge in [0, 0.05) is 18.2 Å². The Balaban J connectivity index is 1.38. The molecule has 0 saturated carbocycles. The molecule has 2 aromatic heterocycles. The molecule has 0 atom stereocenters. The van der Waals surface area contributed by atoms with E-state index in [9.17, 15) is 0 Å². The Morgan fingerprint density at radius 2 is 1.66 bits per heavy atom. The van der Waals surface area contributed by atoms with E-state index in [1.165, 1.54) is 17.3 Å². The molecule has 0 aliphatic carbocycles. The highest BCUT2D eigenvalue weighted by atomic mass is 32.2. The fourth-order valence-corrected chi connectivity index (χ4v) is 4.46. The van der Waals surface area contributed by atoms with Crippen molar-refractivity contribution < 1.29 is 14.0 Å². The second kappa shape index (κ2) is 10.4. The van der Waals surface area contributed by atoms with Crippen molar-refractivity contribution >= 4 is 11.8 Å². The number of ether oxygens (including phenoxy) is 2. The summed E-state index contributed by atoms with van der Waals surface area (Å²) in [6, 6.07) is 25.8. The number of nitrogens with zero attached hydrogens (tertiary/aromatic N) is 5. The van der Waals surface area contributed by atoms with Crippen LogP contribution in [-0.2, 0) is 12.2 Å². The molecule has 0 saturated heterocycles. The number of hydrogen-bond acceptors (Lipinski definition) is 8. The molecule has 2 heterocycles. The maximum atomic E-state index is 5.52. The van der Waals surface area contributed by atoms with Crippen molar-refractivity contribution in [2.75, 3.05) is 14.2 Å². The number of hydrogen-bond donors (Lipinski definition) is 0. The van der Waals surface area contributed by atoms with Gasteiger partial charge in [-0.15, -0.1) is 10.2 Å². The van der Waals surface area contributed by atoms with E-state index >= 15 is 0 Å². The molecule has 0 unspecified atom stereocenters. The molecule has 8 nitrogen and oxygen atoms in total. The summed E-state index contributed by atoms with van der Waals surface area (Å²) in [5.74, 6) is 3.54. The minimum Gasteiger partial charge on any atom is -0.497 e. The van der Waals surface area contributed by atoms with Gasteiger partial charge in [0.1, 0.15) is 17.3 Å². The van der Waals surface area contributed by atoms with Crippen molar-refractivity contribution in [3.05, 3.63) is 96.1 Å². The first kappa shape index (κ1) is 22.7. The second-order valence-electron chi connectivity index (χ2n) is 7.60. The predicted octanol–water partition coefficient (Wildman–Crippen LogP) is 5.22. The molecule has 5 rings (SSSR count). The molecule has 35 heavy (non-hydrogen) atoms. The average molecular weight is 486 g/mol. The Labute approximate surface area is 206 Å². The Morgan fingerprint density at radius 3 is 2.40 bits per heavy atom. The summed E-state index contributed by atoms with van der Waals surface area (Å²) >= 11 is 1.49. The highest BCUT2D eigenvalue weighted by Gasteiger charge is 2.18. The number of rotatable bonds is 9. The number of aromatic nitrogens is 5. The topological polar surface area (TPSA) is 88.1 Å². The van der Waals surface area contributed by atoms with Gasteiger partial charge in [-0.2, -0.15) is 4.98 Å². The lowest BCUT2D eigenvalue weighted by Gasteiger charge is -2.09. The average Bonchev–Trinajstić information content (AvgIpc) is 3.55. The van der Waals surface area contributed by atoms with Crippen LogP contribution >= 0.6 is 11.8 Å². The van der Waals surface area contributed by atoms with Crippen molar-refractivity contribution in [2.45, 2.75) is 17.3 Å². The lowest BCUT2D eigenvalue weighted by atomic mass is 10.1. The molecule has 9 heteroatoms. The number of thioether (sulfide) groups is 1. The van der Waals surface area contributed by atoms with Crippen molar-refractivity contribution in [1.82, 2.24) is 24.9 Å². The molecule has 5 aromatic rings. The number of methoxy groups -OCH3 is 2. The maximum Gasteiger partial charge on any atom is 0.237 e. The summed E-state index contributed by atoms with van der Waals surface area (Å²) < 4.78 is 18.3. The van der Waals surface area contributed by atoms with Crippen molar-refractivity contribution in [1.29, 1.82) is 0 Å². The molecule has 0 bridgehead atoms. The molecule has 0 N–H and O–H groups in total. The number of para-hydroxylation sites is 1. The van der Waals surface area contributed by atoms with E-state index in [1.807, 2.05) is 60.7 Å². The molecular formula is C26H23N5O3S. The van der Waals surface area contributed by atoms with Crippen LogP contribution in [0.25, 0.3) is 17.1 Å². The second-order valence-corrected chi connectivity index (χ2v) is 8.54. The third-order valence-corrected chi connectivity index (χ3v) is 6.28. The molecular weight excluding hydrogens is 462 g/mol. The van der Waals surface area contributed by atoms with Crippen LogP contribution in [0.5, 0.6) is 11.5 Å². The highest BCUT2D eigenvalue weighted by molar-refractivity contribution is 7.98. The Kier molecular flexibility index (Phi) is 6.76. The van der Waals surface area contributed by atoms with Gasteiger partial charge < -0.3 is 14.0 Å². The molecule has 0 radical (unpaired) electrons. The van der Waals surface area contributed by atoms with E-state index < -0.39 is 0 Å². The lowest BCUT2D eigenvalue weighted by Crippen LogP contribution is -2.03. The summed E-state index contributed by atoms with van der Waals surface area (Å²) in [4.78, 5) is 4.56. The SMILES string of the molecule is COc1ccc(-c2noc(CSc3nnc(Cc4ccccc4)n3-c3ccccc3)n2)c(OC)c1. The quantitative estimate of drug-likeness (QED) is 0.263. The van der Waals surface area contributed by atoms with E-state index in [0.717, 1.165) is 22.2 Å². The van der Waals surface area contributed by atoms with E-state index in [4.69, 9.17) is 14.0 Å². The minimum atomic E-state index is 0.446. The van der Waals surface area contributed by atoms with Crippen molar-refractivity contribution in [2.24, 2.45) is 0 Å². The zero-order valence-corrected chi connectivity index (χ0v) is 20.1. The molecule has 0 aliphatic heterocycles. The maximum absolute atomic E-state index is 5.52. The summed E-state index contributed by atoms with van der Waals surface area (Å²) in [7, 11) is 3.20. The fourth-order valence-electron chi connectivity index (χ4n) is 3.66. The predicted molar refractivity (Wildman–Crippen MR) is 133 cm³/mol. The van der Waals surface area contributed by atoms with Crippen LogP contribution in [0.4, 0.5) is 0 Å². The summed E-state index contributed by atoms with van der Waals surface area (Å²) in [5.41, 5.74) is 2.90. The third-order valence-electron chi connectivity index (χ3n) is 5.36. The fraction of sp³-hybridized carbons (Fsp3) is 0.154. The van der Waals surface area contributed by atoms with Crippen LogP contribution in [0.3, 0.4) is 0 Å². The largest absolute Gasteiger partial charge is 0.497 e. The van der Waals surface area contributed by atoms with E-state index in [1.54, 1.807) is 20.3 Å². The summed E-state index contributed by atoms with van der Waals surface area (Å²) in [6.45, 7) is 0. The molecule has 0 fully saturated rings. The Morgan fingerprint density at radius 1 is 0.886 bits per heavy atom. The van der Waals surface area contributed by atoms with E-state index in [0.29, 0.717) is 35.4 Å². The van der Waals surface area contributed by atoms with E-state index in [-0.39, 0.29) is 0 Å². The van der Waals surface area contributed by atoms with Gasteiger partial charge in [-0.05, 0) is 29.8 Å². The van der Waals surface area contributed by atoms with Gasteiger partial charge in [0.25, 0.3) is 0 Å². The number of benzene rings is 3. The normalized spacial score (nSPS) is 10.9. The molecule has 0 aliphatic rings. The van der Waals surface area contributed by atoms with Gasteiger partial charge in [-0.3, -0.25) is 4.57 Å². The van der Waals surface area contributed by atoms with Gasteiger partial charge in [-0.1, -0.05) is 65.4 Å². The van der Waals surface area contributed by atoms with Gasteiger partial charge in [0.2, 0.25) is 11.7 Å². The van der Waals surface area contributed by atoms with Gasteiger partial charge in [0.15, 0.2) is 5.16 Å². The van der Waals surface area contributed by atoms with Crippen LogP contribution in [0, 0.1) is 0 Å².